The summed E-state index contributed by atoms with van der Waals surface area (Å²) in [4.78, 5) is 23.2. The second-order valence-electron chi connectivity index (χ2n) is 9.93. The number of pyridine rings is 1. The summed E-state index contributed by atoms with van der Waals surface area (Å²) in [6, 6.07) is 36.2. The van der Waals surface area contributed by atoms with Gasteiger partial charge in [0.15, 0.2) is 11.4 Å². The van der Waals surface area contributed by atoms with E-state index >= 15 is 0 Å². The van der Waals surface area contributed by atoms with Crippen molar-refractivity contribution < 1.29 is 4.42 Å². The number of nitrogens with zero attached hydrogens (tertiary/aromatic N) is 5. The summed E-state index contributed by atoms with van der Waals surface area (Å²) in [5, 5.41) is 2.06. The van der Waals surface area contributed by atoms with Crippen LogP contribution in [-0.4, -0.2) is 24.9 Å². The minimum atomic E-state index is 0.175. The van der Waals surface area contributed by atoms with Gasteiger partial charge >= 0.3 is 0 Å². The number of halogens is 1. The highest BCUT2D eigenvalue weighted by Gasteiger charge is 2.17. The quantitative estimate of drug-likeness (QED) is 0.199. The second kappa shape index (κ2) is 9.87. The highest BCUT2D eigenvalue weighted by atomic mass is 35.5. The van der Waals surface area contributed by atoms with Crippen LogP contribution in [0.25, 0.3) is 78.0 Å². The lowest BCUT2D eigenvalue weighted by Crippen LogP contribution is -1.95. The zero-order valence-electron chi connectivity index (χ0n) is 22.1. The van der Waals surface area contributed by atoms with Crippen molar-refractivity contribution in [3.8, 4) is 45.0 Å². The SMILES string of the molecule is Clc1nc(-c2ccc(-c3nc(-c4ccc(-c5cccnc5)cc4)nc4ccccc34)cc2)c2oc3ccccc3c2n1. The van der Waals surface area contributed by atoms with Crippen LogP contribution in [0.1, 0.15) is 0 Å². The van der Waals surface area contributed by atoms with Crippen LogP contribution in [0.3, 0.4) is 0 Å². The number of furan rings is 1. The van der Waals surface area contributed by atoms with Gasteiger partial charge in [0.25, 0.3) is 0 Å². The molecule has 4 aromatic heterocycles. The largest absolute Gasteiger partial charge is 0.452 e. The highest BCUT2D eigenvalue weighted by Crippen LogP contribution is 2.36. The molecule has 0 N–H and O–H groups in total. The Hall–Kier alpha value is -5.46. The van der Waals surface area contributed by atoms with Gasteiger partial charge in [0, 0.05) is 39.9 Å². The Morgan fingerprint density at radius 2 is 1.21 bits per heavy atom. The fraction of sp³-hybridized carbons (Fsp3) is 0. The minimum absolute atomic E-state index is 0.175. The Labute approximate surface area is 245 Å². The van der Waals surface area contributed by atoms with Crippen molar-refractivity contribution in [2.45, 2.75) is 0 Å². The van der Waals surface area contributed by atoms with E-state index in [4.69, 9.17) is 26.0 Å². The van der Waals surface area contributed by atoms with E-state index in [0.29, 0.717) is 22.6 Å². The number of rotatable bonds is 4. The Balaban J connectivity index is 1.22. The zero-order chi connectivity index (χ0) is 28.0. The summed E-state index contributed by atoms with van der Waals surface area (Å²) >= 11 is 6.36. The maximum Gasteiger partial charge on any atom is 0.223 e. The first kappa shape index (κ1) is 24.3. The van der Waals surface area contributed by atoms with Gasteiger partial charge in [-0.3, -0.25) is 4.98 Å². The molecule has 0 amide bonds. The fourth-order valence-corrected chi connectivity index (χ4v) is 5.49. The lowest BCUT2D eigenvalue weighted by Gasteiger charge is -2.11. The minimum Gasteiger partial charge on any atom is -0.452 e. The molecule has 0 aliphatic heterocycles. The van der Waals surface area contributed by atoms with Crippen LogP contribution in [0.15, 0.2) is 126 Å². The molecule has 198 valence electrons. The summed E-state index contributed by atoms with van der Waals surface area (Å²) in [5.74, 6) is 0.664. The van der Waals surface area contributed by atoms with Crippen molar-refractivity contribution in [2.75, 3.05) is 0 Å². The van der Waals surface area contributed by atoms with E-state index in [2.05, 4.69) is 45.3 Å². The van der Waals surface area contributed by atoms with E-state index in [1.165, 1.54) is 0 Å². The number of hydrogen-bond acceptors (Lipinski definition) is 6. The van der Waals surface area contributed by atoms with Gasteiger partial charge in [-0.15, -0.1) is 0 Å². The van der Waals surface area contributed by atoms with E-state index in [1.807, 2.05) is 85.1 Å². The van der Waals surface area contributed by atoms with Gasteiger partial charge in [-0.25, -0.2) is 19.9 Å². The van der Waals surface area contributed by atoms with E-state index < -0.39 is 0 Å². The predicted molar refractivity (Wildman–Crippen MR) is 167 cm³/mol. The molecule has 6 nitrogen and oxygen atoms in total. The third-order valence-electron chi connectivity index (χ3n) is 7.37. The van der Waals surface area contributed by atoms with Crippen molar-refractivity contribution in [1.82, 2.24) is 24.9 Å². The van der Waals surface area contributed by atoms with Crippen molar-refractivity contribution >= 4 is 44.6 Å². The van der Waals surface area contributed by atoms with Crippen LogP contribution in [0.5, 0.6) is 0 Å². The average Bonchev–Trinajstić information content (AvgIpc) is 3.43. The van der Waals surface area contributed by atoms with E-state index in [-0.39, 0.29) is 5.28 Å². The first-order valence-electron chi connectivity index (χ1n) is 13.4. The smallest absolute Gasteiger partial charge is 0.223 e. The third-order valence-corrected chi connectivity index (χ3v) is 7.53. The van der Waals surface area contributed by atoms with Crippen molar-refractivity contribution in [1.29, 1.82) is 0 Å². The van der Waals surface area contributed by atoms with Gasteiger partial charge < -0.3 is 4.42 Å². The lowest BCUT2D eigenvalue weighted by atomic mass is 10.0. The number of hydrogen-bond donors (Lipinski definition) is 0. The first-order valence-corrected chi connectivity index (χ1v) is 13.8. The van der Waals surface area contributed by atoms with Crippen LogP contribution < -0.4 is 0 Å². The molecular formula is C35H20ClN5O. The molecule has 0 radical (unpaired) electrons. The molecule has 0 saturated carbocycles. The maximum absolute atomic E-state index is 6.36. The van der Waals surface area contributed by atoms with Crippen LogP contribution in [-0.2, 0) is 0 Å². The highest BCUT2D eigenvalue weighted by molar-refractivity contribution is 6.29. The summed E-state index contributed by atoms with van der Waals surface area (Å²) < 4.78 is 6.16. The Kier molecular flexibility index (Phi) is 5.72. The molecule has 0 aliphatic rings. The molecule has 42 heavy (non-hydrogen) atoms. The van der Waals surface area contributed by atoms with Crippen LogP contribution in [0.4, 0.5) is 0 Å². The molecule has 4 heterocycles. The Bertz CT molecular complexity index is 2250. The van der Waals surface area contributed by atoms with Crippen LogP contribution in [0, 0.1) is 0 Å². The molecule has 0 bridgehead atoms. The third kappa shape index (κ3) is 4.17. The van der Waals surface area contributed by atoms with Crippen molar-refractivity contribution in [2.24, 2.45) is 0 Å². The second-order valence-corrected chi connectivity index (χ2v) is 10.3. The van der Waals surface area contributed by atoms with Gasteiger partial charge in [-0.05, 0) is 47.0 Å². The Morgan fingerprint density at radius 1 is 0.524 bits per heavy atom. The molecule has 0 fully saturated rings. The van der Waals surface area contributed by atoms with E-state index in [9.17, 15) is 0 Å². The molecule has 0 atom stereocenters. The molecule has 0 saturated heterocycles. The first-order chi connectivity index (χ1) is 20.7. The van der Waals surface area contributed by atoms with Gasteiger partial charge in [0.1, 0.15) is 16.8 Å². The van der Waals surface area contributed by atoms with Gasteiger partial charge in [-0.1, -0.05) is 84.9 Å². The number of aromatic nitrogens is 5. The summed E-state index contributed by atoms with van der Waals surface area (Å²) in [6.07, 6.45) is 3.63. The van der Waals surface area contributed by atoms with Crippen molar-refractivity contribution in [3.05, 3.63) is 127 Å². The number of fused-ring (bicyclic) bond motifs is 4. The maximum atomic E-state index is 6.36. The van der Waals surface area contributed by atoms with Gasteiger partial charge in [-0.2, -0.15) is 0 Å². The molecule has 0 aliphatic carbocycles. The zero-order valence-corrected chi connectivity index (χ0v) is 22.8. The monoisotopic (exact) mass is 561 g/mol. The molecule has 8 aromatic rings. The van der Waals surface area contributed by atoms with Gasteiger partial charge in [0.2, 0.25) is 5.28 Å². The van der Waals surface area contributed by atoms with E-state index in [1.54, 1.807) is 6.20 Å². The number of benzene rings is 4. The summed E-state index contributed by atoms with van der Waals surface area (Å²) in [5.41, 5.74) is 9.37. The topological polar surface area (TPSA) is 77.6 Å². The molecule has 4 aromatic carbocycles. The van der Waals surface area contributed by atoms with Crippen LogP contribution >= 0.6 is 11.6 Å². The Morgan fingerprint density at radius 3 is 2.00 bits per heavy atom. The fourth-order valence-electron chi connectivity index (χ4n) is 5.32. The average molecular weight is 562 g/mol. The normalized spacial score (nSPS) is 11.5. The molecule has 7 heteroatoms. The van der Waals surface area contributed by atoms with Crippen LogP contribution in [0.2, 0.25) is 5.28 Å². The van der Waals surface area contributed by atoms with Gasteiger partial charge in [0.05, 0.1) is 11.2 Å². The molecule has 0 unspecified atom stereocenters. The molecular weight excluding hydrogens is 542 g/mol. The standard InChI is InChI=1S/C35H20ClN5O/c36-35-40-31(33-32(41-35)27-8-2-4-10-29(27)42-33)23-15-13-22(14-16-23)30-26-7-1-3-9-28(26)38-34(39-30)24-17-11-21(12-18-24)25-6-5-19-37-20-25/h1-20H. The summed E-state index contributed by atoms with van der Waals surface area (Å²) in [6.45, 7) is 0. The summed E-state index contributed by atoms with van der Waals surface area (Å²) in [7, 11) is 0. The molecule has 0 spiro atoms. The van der Waals surface area contributed by atoms with Crippen molar-refractivity contribution in [3.63, 3.8) is 0 Å². The predicted octanol–water partition coefficient (Wildman–Crippen LogP) is 9.04. The lowest BCUT2D eigenvalue weighted by molar-refractivity contribution is 0.667. The van der Waals surface area contributed by atoms with E-state index in [0.717, 1.165) is 55.4 Å². The number of para-hydroxylation sites is 2. The molecule has 8 rings (SSSR count).